The minimum Gasteiger partial charge on any atom is -0.497 e. The maximum Gasteiger partial charge on any atom is 0.234 e. The van der Waals surface area contributed by atoms with Crippen molar-refractivity contribution in [1.82, 2.24) is 0 Å². The van der Waals surface area contributed by atoms with E-state index in [1.54, 1.807) is 19.2 Å². The SMILES string of the molecule is COc1ccc(C(C)(C)C(=O)Nc2ccc(F)c(Cl)c2)cc1. The number of nitrogens with one attached hydrogen (secondary N) is 1. The molecule has 0 aliphatic heterocycles. The molecule has 22 heavy (non-hydrogen) atoms. The summed E-state index contributed by atoms with van der Waals surface area (Å²) in [6, 6.07) is 11.4. The van der Waals surface area contributed by atoms with E-state index in [4.69, 9.17) is 16.3 Å². The molecule has 0 aromatic heterocycles. The topological polar surface area (TPSA) is 38.3 Å². The third kappa shape index (κ3) is 3.39. The van der Waals surface area contributed by atoms with Crippen molar-refractivity contribution in [3.8, 4) is 5.75 Å². The number of benzene rings is 2. The van der Waals surface area contributed by atoms with Gasteiger partial charge >= 0.3 is 0 Å². The van der Waals surface area contributed by atoms with Crippen LogP contribution < -0.4 is 10.1 Å². The van der Waals surface area contributed by atoms with Crippen LogP contribution in [0.15, 0.2) is 42.5 Å². The van der Waals surface area contributed by atoms with Crippen molar-refractivity contribution in [3.05, 3.63) is 58.9 Å². The molecular formula is C17H17ClFNO2. The number of ether oxygens (including phenoxy) is 1. The van der Waals surface area contributed by atoms with Crippen LogP contribution in [-0.2, 0) is 10.2 Å². The Labute approximate surface area is 134 Å². The van der Waals surface area contributed by atoms with E-state index in [0.29, 0.717) is 5.69 Å². The van der Waals surface area contributed by atoms with Gasteiger partial charge in [0.15, 0.2) is 0 Å². The Hall–Kier alpha value is -2.07. The quantitative estimate of drug-likeness (QED) is 0.906. The molecule has 0 bridgehead atoms. The monoisotopic (exact) mass is 321 g/mol. The predicted octanol–water partition coefficient (Wildman–Crippen LogP) is 4.40. The van der Waals surface area contributed by atoms with Crippen molar-refractivity contribution in [2.45, 2.75) is 19.3 Å². The molecule has 2 rings (SSSR count). The van der Waals surface area contributed by atoms with E-state index in [1.165, 1.54) is 18.2 Å². The summed E-state index contributed by atoms with van der Waals surface area (Å²) in [6.45, 7) is 3.63. The molecule has 0 saturated carbocycles. The third-order valence-corrected chi connectivity index (χ3v) is 3.85. The van der Waals surface area contributed by atoms with Gasteiger partial charge in [-0.1, -0.05) is 23.7 Å². The fourth-order valence-electron chi connectivity index (χ4n) is 2.00. The van der Waals surface area contributed by atoms with Crippen LogP contribution in [0.4, 0.5) is 10.1 Å². The van der Waals surface area contributed by atoms with Crippen LogP contribution in [0.5, 0.6) is 5.75 Å². The lowest BCUT2D eigenvalue weighted by Gasteiger charge is -2.24. The predicted molar refractivity (Wildman–Crippen MR) is 86.1 cm³/mol. The van der Waals surface area contributed by atoms with Crippen molar-refractivity contribution < 1.29 is 13.9 Å². The zero-order chi connectivity index (χ0) is 16.3. The number of halogens is 2. The molecule has 0 heterocycles. The van der Waals surface area contributed by atoms with Crippen LogP contribution in [0.3, 0.4) is 0 Å². The Morgan fingerprint density at radius 3 is 2.36 bits per heavy atom. The lowest BCUT2D eigenvalue weighted by molar-refractivity contribution is -0.120. The van der Waals surface area contributed by atoms with Crippen LogP contribution in [0.25, 0.3) is 0 Å². The minimum absolute atomic E-state index is 0.0277. The summed E-state index contributed by atoms with van der Waals surface area (Å²) in [5, 5.41) is 2.73. The molecule has 2 aromatic carbocycles. The average molecular weight is 322 g/mol. The van der Waals surface area contributed by atoms with Crippen LogP contribution in [0.2, 0.25) is 5.02 Å². The van der Waals surface area contributed by atoms with Gasteiger partial charge in [-0.2, -0.15) is 0 Å². The first kappa shape index (κ1) is 16.3. The highest BCUT2D eigenvalue weighted by molar-refractivity contribution is 6.31. The molecule has 2 aromatic rings. The average Bonchev–Trinajstić information content (AvgIpc) is 2.51. The van der Waals surface area contributed by atoms with Crippen molar-refractivity contribution in [2.24, 2.45) is 0 Å². The van der Waals surface area contributed by atoms with E-state index in [9.17, 15) is 9.18 Å². The summed E-state index contributed by atoms with van der Waals surface area (Å²) in [5.41, 5.74) is 0.546. The van der Waals surface area contributed by atoms with Crippen LogP contribution >= 0.6 is 11.6 Å². The second kappa shape index (κ2) is 6.36. The Kier molecular flexibility index (Phi) is 4.71. The largest absolute Gasteiger partial charge is 0.497 e. The molecule has 0 spiro atoms. The fourth-order valence-corrected chi connectivity index (χ4v) is 2.18. The van der Waals surface area contributed by atoms with Crippen molar-refractivity contribution in [3.63, 3.8) is 0 Å². The zero-order valence-corrected chi connectivity index (χ0v) is 13.4. The summed E-state index contributed by atoms with van der Waals surface area (Å²) in [5.74, 6) is -0.000281. The third-order valence-electron chi connectivity index (χ3n) is 3.56. The second-order valence-corrected chi connectivity index (χ2v) is 5.84. The molecule has 0 unspecified atom stereocenters. The molecule has 0 aliphatic carbocycles. The first-order valence-electron chi connectivity index (χ1n) is 6.75. The van der Waals surface area contributed by atoms with Gasteiger partial charge in [-0.15, -0.1) is 0 Å². The van der Waals surface area contributed by atoms with E-state index < -0.39 is 11.2 Å². The summed E-state index contributed by atoms with van der Waals surface area (Å²) in [6.07, 6.45) is 0. The Morgan fingerprint density at radius 2 is 1.82 bits per heavy atom. The summed E-state index contributed by atoms with van der Waals surface area (Å²) in [7, 11) is 1.59. The highest BCUT2D eigenvalue weighted by Crippen LogP contribution is 2.28. The minimum atomic E-state index is -0.757. The maximum atomic E-state index is 13.1. The number of methoxy groups -OCH3 is 1. The summed E-state index contributed by atoms with van der Waals surface area (Å²) >= 11 is 5.72. The van der Waals surface area contributed by atoms with Gasteiger partial charge in [-0.3, -0.25) is 4.79 Å². The smallest absolute Gasteiger partial charge is 0.234 e. The molecule has 0 fully saturated rings. The van der Waals surface area contributed by atoms with Gasteiger partial charge in [-0.05, 0) is 49.7 Å². The fraction of sp³-hybridized carbons (Fsp3) is 0.235. The number of rotatable bonds is 4. The van der Waals surface area contributed by atoms with Gasteiger partial charge in [0, 0.05) is 5.69 Å². The van der Waals surface area contributed by atoms with Crippen molar-refractivity contribution in [1.29, 1.82) is 0 Å². The Balaban J connectivity index is 2.20. The second-order valence-electron chi connectivity index (χ2n) is 5.44. The zero-order valence-electron chi connectivity index (χ0n) is 12.6. The molecular weight excluding hydrogens is 305 g/mol. The molecule has 116 valence electrons. The first-order chi connectivity index (χ1) is 10.3. The van der Waals surface area contributed by atoms with Gasteiger partial charge in [0.1, 0.15) is 11.6 Å². The first-order valence-corrected chi connectivity index (χ1v) is 7.13. The molecule has 1 amide bonds. The number of carbonyl (C=O) groups excluding carboxylic acids is 1. The van der Waals surface area contributed by atoms with Crippen LogP contribution in [-0.4, -0.2) is 13.0 Å². The van der Waals surface area contributed by atoms with E-state index in [-0.39, 0.29) is 10.9 Å². The Morgan fingerprint density at radius 1 is 1.18 bits per heavy atom. The Bertz CT molecular complexity index is 684. The molecule has 0 aliphatic rings. The van der Waals surface area contributed by atoms with E-state index in [0.717, 1.165) is 11.3 Å². The lowest BCUT2D eigenvalue weighted by atomic mass is 9.83. The number of hydrogen-bond acceptors (Lipinski definition) is 2. The number of carbonyl (C=O) groups is 1. The van der Waals surface area contributed by atoms with E-state index >= 15 is 0 Å². The molecule has 0 atom stereocenters. The van der Waals surface area contributed by atoms with Crippen molar-refractivity contribution in [2.75, 3.05) is 12.4 Å². The van der Waals surface area contributed by atoms with Gasteiger partial charge in [0.05, 0.1) is 17.5 Å². The molecule has 0 radical (unpaired) electrons. The number of hydrogen-bond donors (Lipinski definition) is 1. The molecule has 1 N–H and O–H groups in total. The summed E-state index contributed by atoms with van der Waals surface area (Å²) in [4.78, 5) is 12.5. The van der Waals surface area contributed by atoms with Crippen molar-refractivity contribution >= 4 is 23.2 Å². The molecule has 3 nitrogen and oxygen atoms in total. The van der Waals surface area contributed by atoms with Gasteiger partial charge in [0.25, 0.3) is 0 Å². The summed E-state index contributed by atoms with van der Waals surface area (Å²) < 4.78 is 18.3. The molecule has 0 saturated heterocycles. The standard InChI is InChI=1S/C17H17ClFNO2/c1-17(2,11-4-7-13(22-3)8-5-11)16(21)20-12-6-9-15(19)14(18)10-12/h4-10H,1-3H3,(H,20,21). The van der Waals surface area contributed by atoms with E-state index in [1.807, 2.05) is 26.0 Å². The number of anilines is 1. The highest BCUT2D eigenvalue weighted by Gasteiger charge is 2.30. The van der Waals surface area contributed by atoms with Gasteiger partial charge in [0.2, 0.25) is 5.91 Å². The molecule has 5 heteroatoms. The van der Waals surface area contributed by atoms with Gasteiger partial charge in [-0.25, -0.2) is 4.39 Å². The maximum absolute atomic E-state index is 13.1. The van der Waals surface area contributed by atoms with Gasteiger partial charge < -0.3 is 10.1 Å². The van der Waals surface area contributed by atoms with E-state index in [2.05, 4.69) is 5.32 Å². The lowest BCUT2D eigenvalue weighted by Crippen LogP contribution is -2.34. The highest BCUT2D eigenvalue weighted by atomic mass is 35.5. The van der Waals surface area contributed by atoms with Crippen LogP contribution in [0.1, 0.15) is 19.4 Å². The normalized spacial score (nSPS) is 11.1. The number of amides is 1. The van der Waals surface area contributed by atoms with Crippen LogP contribution in [0, 0.1) is 5.82 Å².